The van der Waals surface area contributed by atoms with Gasteiger partial charge in [-0.1, -0.05) is 68.1 Å². The molecule has 3 atom stereocenters. The number of aromatic nitrogens is 1. The molecule has 0 radical (unpaired) electrons. The number of anilines is 2. The molecule has 2 aliphatic rings. The van der Waals surface area contributed by atoms with Crippen LogP contribution < -0.4 is 20.2 Å². The predicted octanol–water partition coefficient (Wildman–Crippen LogP) is 4.20. The van der Waals surface area contributed by atoms with Crippen LogP contribution >= 0.6 is 23.1 Å². The quantitative estimate of drug-likeness (QED) is 0.161. The number of nitrogens with two attached hydrogens (primary N) is 1. The highest BCUT2D eigenvalue weighted by molar-refractivity contribution is 8.00. The monoisotopic (exact) mass is 707 g/mol. The number of hydrogen-bond acceptors (Lipinski definition) is 10. The first kappa shape index (κ1) is 33.3. The van der Waals surface area contributed by atoms with Gasteiger partial charge < -0.3 is 5.32 Å². The summed E-state index contributed by atoms with van der Waals surface area (Å²) in [6, 6.07) is 18.1. The Morgan fingerprint density at radius 1 is 0.958 bits per heavy atom. The summed E-state index contributed by atoms with van der Waals surface area (Å²) in [7, 11) is -3.93. The second-order valence-electron chi connectivity index (χ2n) is 12.4. The molecule has 3 aromatic carbocycles. The van der Waals surface area contributed by atoms with E-state index in [-0.39, 0.29) is 27.4 Å². The van der Waals surface area contributed by atoms with Gasteiger partial charge in [-0.05, 0) is 52.9 Å². The molecule has 1 saturated heterocycles. The van der Waals surface area contributed by atoms with Crippen molar-refractivity contribution in [3.05, 3.63) is 109 Å². The van der Waals surface area contributed by atoms with Crippen molar-refractivity contribution >= 4 is 67.9 Å². The number of thioether (sulfide) groups is 1. The molecule has 248 valence electrons. The Balaban J connectivity index is 1.38. The number of hydrogen-bond donors (Lipinski definition) is 2. The van der Waals surface area contributed by atoms with Crippen molar-refractivity contribution in [1.29, 1.82) is 0 Å². The Hall–Kier alpha value is -4.64. The Kier molecular flexibility index (Phi) is 8.39. The van der Waals surface area contributed by atoms with Gasteiger partial charge >= 0.3 is 4.87 Å². The molecule has 1 fully saturated rings. The highest BCUT2D eigenvalue weighted by Gasteiger charge is 2.57. The lowest BCUT2D eigenvalue weighted by molar-refractivity contribution is -0.384. The van der Waals surface area contributed by atoms with E-state index >= 15 is 0 Å². The van der Waals surface area contributed by atoms with Gasteiger partial charge in [-0.25, -0.2) is 18.5 Å². The highest BCUT2D eigenvalue weighted by Crippen LogP contribution is 2.54. The van der Waals surface area contributed by atoms with Crippen molar-refractivity contribution in [3.63, 3.8) is 0 Å². The van der Waals surface area contributed by atoms with E-state index < -0.39 is 61.2 Å². The molecule has 0 bridgehead atoms. The number of non-ortho nitro benzene ring substituents is 1. The van der Waals surface area contributed by atoms with E-state index in [1.165, 1.54) is 53.1 Å². The van der Waals surface area contributed by atoms with E-state index in [4.69, 9.17) is 5.14 Å². The molecule has 6 rings (SSSR count). The van der Waals surface area contributed by atoms with E-state index in [1.807, 2.05) is 24.3 Å². The maximum Gasteiger partial charge on any atom is 0.308 e. The molecule has 13 nitrogen and oxygen atoms in total. The Labute approximate surface area is 283 Å². The molecule has 48 heavy (non-hydrogen) atoms. The van der Waals surface area contributed by atoms with Crippen LogP contribution in [-0.2, 0) is 36.4 Å². The van der Waals surface area contributed by atoms with Gasteiger partial charge in [0, 0.05) is 28.6 Å². The van der Waals surface area contributed by atoms with Crippen molar-refractivity contribution in [2.75, 3.05) is 10.2 Å². The summed E-state index contributed by atoms with van der Waals surface area (Å²) in [5.74, 6) is -3.17. The Bertz CT molecular complexity index is 2140. The number of nitro groups is 1. The lowest BCUT2D eigenvalue weighted by atomic mass is 9.81. The summed E-state index contributed by atoms with van der Waals surface area (Å²) in [5.41, 5.74) is 1.91. The fourth-order valence-electron chi connectivity index (χ4n) is 5.85. The highest BCUT2D eigenvalue weighted by atomic mass is 32.2. The van der Waals surface area contributed by atoms with Crippen LogP contribution in [0.25, 0.3) is 0 Å². The number of carbonyl (C=O) groups excluding carboxylic acids is 3. The molecule has 1 aromatic heterocycles. The standard InChI is InChI=1S/C32H29N5O8S3/c1-32(2,3)18-6-4-17(5-7-18)24-25-26(29(40)36(28(25)39)20-10-12-21(13-11-20)37(42)43)46-30-27(24)47-31(41)35(30)16-23(38)34-19-8-14-22(15-9-19)48(33,44)45/h4-15,24-26H,16H2,1-3H3,(H,34,38)(H2,33,44,45)/t24-,25?,26?/m1/s1. The first-order chi connectivity index (χ1) is 22.5. The number of carbonyl (C=O) groups is 3. The summed E-state index contributed by atoms with van der Waals surface area (Å²) in [6.45, 7) is 5.80. The van der Waals surface area contributed by atoms with Crippen molar-refractivity contribution in [3.8, 4) is 0 Å². The summed E-state index contributed by atoms with van der Waals surface area (Å²) >= 11 is 1.95. The molecule has 3 N–H and O–H groups in total. The number of imide groups is 1. The lowest BCUT2D eigenvalue weighted by Crippen LogP contribution is -2.33. The van der Waals surface area contributed by atoms with Gasteiger partial charge in [-0.15, -0.1) is 0 Å². The van der Waals surface area contributed by atoms with Gasteiger partial charge in [0.1, 0.15) is 11.8 Å². The number of sulfonamides is 1. The zero-order valence-corrected chi connectivity index (χ0v) is 28.2. The van der Waals surface area contributed by atoms with Crippen molar-refractivity contribution in [2.45, 2.75) is 53.8 Å². The van der Waals surface area contributed by atoms with Gasteiger partial charge in [0.2, 0.25) is 27.7 Å². The van der Waals surface area contributed by atoms with Gasteiger partial charge in [0.15, 0.2) is 0 Å². The molecule has 3 heterocycles. The topological polar surface area (TPSA) is 192 Å². The first-order valence-corrected chi connectivity index (χ1v) is 17.8. The number of primary sulfonamides is 1. The van der Waals surface area contributed by atoms with E-state index in [9.17, 15) is 37.7 Å². The number of thiazole rings is 1. The minimum absolute atomic E-state index is 0.130. The zero-order valence-electron chi connectivity index (χ0n) is 25.8. The molecule has 0 aliphatic carbocycles. The number of nitrogens with one attached hydrogen (secondary N) is 1. The zero-order chi connectivity index (χ0) is 34.7. The van der Waals surface area contributed by atoms with Gasteiger partial charge in [0.25, 0.3) is 5.69 Å². The number of nitrogens with zero attached hydrogens (tertiary/aromatic N) is 3. The van der Waals surface area contributed by atoms with E-state index in [0.717, 1.165) is 39.1 Å². The molecule has 2 aliphatic heterocycles. The molecule has 2 unspecified atom stereocenters. The predicted molar refractivity (Wildman–Crippen MR) is 181 cm³/mol. The SMILES string of the molecule is CC(C)(C)c1ccc([C@H]2c3sc(=O)n(CC(=O)Nc4ccc(S(N)(=O)=O)cc4)c3SC3C(=O)N(c4ccc([N+](=O)[O-])cc4)C(=O)C32)cc1. The Morgan fingerprint density at radius 2 is 1.58 bits per heavy atom. The average molecular weight is 708 g/mol. The number of rotatable bonds is 7. The van der Waals surface area contributed by atoms with Gasteiger partial charge in [-0.2, -0.15) is 0 Å². The van der Waals surface area contributed by atoms with Gasteiger partial charge in [0.05, 0.1) is 26.5 Å². The van der Waals surface area contributed by atoms with E-state index in [0.29, 0.717) is 9.90 Å². The van der Waals surface area contributed by atoms with Crippen LogP contribution in [0, 0.1) is 16.0 Å². The second kappa shape index (κ2) is 12.1. The van der Waals surface area contributed by atoms with Crippen molar-refractivity contribution < 1.29 is 27.7 Å². The van der Waals surface area contributed by atoms with Crippen LogP contribution in [0.5, 0.6) is 0 Å². The minimum atomic E-state index is -3.93. The largest absolute Gasteiger partial charge is 0.325 e. The second-order valence-corrected chi connectivity index (χ2v) is 16.1. The summed E-state index contributed by atoms with van der Waals surface area (Å²) in [5, 5.41) is 18.4. The summed E-state index contributed by atoms with van der Waals surface area (Å²) in [6.07, 6.45) is 0. The number of amides is 3. The van der Waals surface area contributed by atoms with Crippen LogP contribution in [-0.4, -0.2) is 40.9 Å². The van der Waals surface area contributed by atoms with Crippen LogP contribution in [0.3, 0.4) is 0 Å². The molecular weight excluding hydrogens is 679 g/mol. The third kappa shape index (κ3) is 6.07. The fourth-order valence-corrected chi connectivity index (χ4v) is 9.14. The fraction of sp³-hybridized carbons (Fsp3) is 0.250. The minimum Gasteiger partial charge on any atom is -0.325 e. The smallest absolute Gasteiger partial charge is 0.308 e. The molecule has 4 aromatic rings. The lowest BCUT2D eigenvalue weighted by Gasteiger charge is -2.31. The number of benzene rings is 3. The van der Waals surface area contributed by atoms with E-state index in [1.54, 1.807) is 0 Å². The summed E-state index contributed by atoms with van der Waals surface area (Å²) < 4.78 is 24.4. The van der Waals surface area contributed by atoms with Crippen LogP contribution in [0.15, 0.2) is 87.5 Å². The van der Waals surface area contributed by atoms with Gasteiger partial charge in [-0.3, -0.25) is 33.9 Å². The number of nitro benzene ring substituents is 1. The van der Waals surface area contributed by atoms with Crippen LogP contribution in [0.1, 0.15) is 42.7 Å². The van der Waals surface area contributed by atoms with Crippen molar-refractivity contribution in [2.24, 2.45) is 11.1 Å². The van der Waals surface area contributed by atoms with Crippen molar-refractivity contribution in [1.82, 2.24) is 4.57 Å². The first-order valence-electron chi connectivity index (χ1n) is 14.6. The molecule has 0 spiro atoms. The molecular formula is C32H29N5O8S3. The maximum absolute atomic E-state index is 14.1. The summed E-state index contributed by atoms with van der Waals surface area (Å²) in [4.78, 5) is 66.3. The number of fused-ring (bicyclic) bond motifs is 2. The van der Waals surface area contributed by atoms with Crippen LogP contribution in [0.2, 0.25) is 0 Å². The maximum atomic E-state index is 14.1. The normalized spacial score (nSPS) is 19.2. The van der Waals surface area contributed by atoms with Crippen LogP contribution in [0.4, 0.5) is 17.1 Å². The molecule has 16 heteroatoms. The third-order valence-corrected chi connectivity index (χ3v) is 11.8. The molecule has 3 amide bonds. The van der Waals surface area contributed by atoms with E-state index in [2.05, 4.69) is 26.1 Å². The average Bonchev–Trinajstić information content (AvgIpc) is 3.46. The third-order valence-electron chi connectivity index (χ3n) is 8.27. The Morgan fingerprint density at radius 3 is 2.15 bits per heavy atom. The molecule has 0 saturated carbocycles.